The summed E-state index contributed by atoms with van der Waals surface area (Å²) in [4.78, 5) is 11.3. The molecule has 0 aliphatic carbocycles. The van der Waals surface area contributed by atoms with Crippen LogP contribution in [-0.2, 0) is 14.0 Å². The van der Waals surface area contributed by atoms with Gasteiger partial charge < -0.3 is 9.16 Å². The molecule has 0 amide bonds. The van der Waals surface area contributed by atoms with E-state index in [9.17, 15) is 4.79 Å². The molecule has 1 saturated heterocycles. The molecule has 0 unspecified atom stereocenters. The lowest BCUT2D eigenvalue weighted by molar-refractivity contribution is -0.165. The van der Waals surface area contributed by atoms with Gasteiger partial charge in [-0.25, -0.2) is 0 Å². The van der Waals surface area contributed by atoms with Gasteiger partial charge in [0.25, 0.3) is 0 Å². The fourth-order valence-electron chi connectivity index (χ4n) is 4.14. The molecule has 0 aromatic carbocycles. The Morgan fingerprint density at radius 3 is 1.74 bits per heavy atom. The summed E-state index contributed by atoms with van der Waals surface area (Å²) in [5.74, 6) is 0.00526. The number of carbonyl (C=O) groups excluding carboxylic acids is 1. The van der Waals surface area contributed by atoms with Gasteiger partial charge >= 0.3 is 5.97 Å². The lowest BCUT2D eigenvalue weighted by atomic mass is 10.1. The van der Waals surface area contributed by atoms with Gasteiger partial charge in [0.15, 0.2) is 6.29 Å². The summed E-state index contributed by atoms with van der Waals surface area (Å²) >= 11 is 0. The number of hydrogen-bond acceptors (Lipinski definition) is 3. The van der Waals surface area contributed by atoms with E-state index in [0.29, 0.717) is 5.54 Å². The van der Waals surface area contributed by atoms with E-state index in [-0.39, 0.29) is 28.3 Å². The highest BCUT2D eigenvalue weighted by molar-refractivity contribution is 6.81. The third kappa shape index (κ3) is 2.61. The van der Waals surface area contributed by atoms with Gasteiger partial charge in [-0.1, -0.05) is 55.4 Å². The maximum absolute atomic E-state index is 11.3. The summed E-state index contributed by atoms with van der Waals surface area (Å²) in [5, 5.41) is 0.210. The van der Waals surface area contributed by atoms with Crippen molar-refractivity contribution in [3.05, 3.63) is 0 Å². The van der Waals surface area contributed by atoms with Crippen LogP contribution in [0, 0.1) is 5.92 Å². The fraction of sp³-hybridized carbons (Fsp3) is 0.933. The molecule has 0 spiro atoms. The second-order valence-corrected chi connectivity index (χ2v) is 13.6. The molecule has 1 rings (SSSR count). The smallest absolute Gasteiger partial charge is 0.304 e. The van der Waals surface area contributed by atoms with Crippen molar-refractivity contribution in [2.24, 2.45) is 5.92 Å². The van der Waals surface area contributed by atoms with Crippen molar-refractivity contribution in [2.45, 2.75) is 84.2 Å². The van der Waals surface area contributed by atoms with Gasteiger partial charge in [-0.15, -0.1) is 0 Å². The van der Waals surface area contributed by atoms with E-state index in [1.165, 1.54) is 6.92 Å². The first kappa shape index (κ1) is 16.7. The van der Waals surface area contributed by atoms with E-state index >= 15 is 0 Å². The van der Waals surface area contributed by atoms with Crippen molar-refractivity contribution in [2.75, 3.05) is 0 Å². The number of esters is 1. The molecule has 19 heavy (non-hydrogen) atoms. The van der Waals surface area contributed by atoms with E-state index in [1.54, 1.807) is 0 Å². The third-order valence-corrected chi connectivity index (χ3v) is 11.5. The lowest BCUT2D eigenvalue weighted by Crippen LogP contribution is -2.55. The van der Waals surface area contributed by atoms with Gasteiger partial charge in [0, 0.05) is 12.8 Å². The minimum Gasteiger partial charge on any atom is -0.437 e. The first-order chi connectivity index (χ1) is 8.34. The van der Waals surface area contributed by atoms with Crippen molar-refractivity contribution in [3.63, 3.8) is 0 Å². The molecule has 112 valence electrons. The molecule has 4 heteroatoms. The van der Waals surface area contributed by atoms with E-state index in [4.69, 9.17) is 9.16 Å². The minimum absolute atomic E-state index is 0.105. The summed E-state index contributed by atoms with van der Waals surface area (Å²) in [5.41, 5.74) is 0.455. The number of hydrogen-bond donors (Lipinski definition) is 0. The van der Waals surface area contributed by atoms with Gasteiger partial charge in [-0.2, -0.15) is 0 Å². The van der Waals surface area contributed by atoms with Crippen molar-refractivity contribution < 1.29 is 14.0 Å². The first-order valence-corrected chi connectivity index (χ1v) is 9.18. The zero-order valence-corrected chi connectivity index (χ0v) is 15.0. The van der Waals surface area contributed by atoms with Crippen LogP contribution in [0.25, 0.3) is 0 Å². The van der Waals surface area contributed by atoms with Gasteiger partial charge in [0.1, 0.15) is 0 Å². The van der Waals surface area contributed by atoms with E-state index in [0.717, 1.165) is 0 Å². The zero-order chi connectivity index (χ0) is 15.2. The number of rotatable bonds is 1. The normalized spacial score (nSPS) is 31.3. The summed E-state index contributed by atoms with van der Waals surface area (Å²) in [7, 11) is -2.11. The largest absolute Gasteiger partial charge is 0.437 e. The van der Waals surface area contributed by atoms with Crippen LogP contribution in [0.2, 0.25) is 15.6 Å². The molecule has 0 saturated carbocycles. The first-order valence-electron chi connectivity index (χ1n) is 7.19. The average molecular weight is 286 g/mol. The Morgan fingerprint density at radius 1 is 1.05 bits per heavy atom. The molecule has 0 bridgehead atoms. The summed E-state index contributed by atoms with van der Waals surface area (Å²) in [6.07, 6.45) is -0.377. The topological polar surface area (TPSA) is 35.5 Å². The molecule has 0 radical (unpaired) electrons. The predicted octanol–water partition coefficient (Wildman–Crippen LogP) is 4.48. The molecule has 0 N–H and O–H groups in total. The Kier molecular flexibility index (Phi) is 4.29. The standard InChI is InChI=1S/C15H30O3Si/c1-10-11(2)19(14(4,5)6,15(7,8)9)18-13(10)17-12(3)16/h10-11,13H,1-9H3/t10-,11-,13-/m0/s1. The quantitative estimate of drug-likeness (QED) is 0.527. The van der Waals surface area contributed by atoms with Crippen molar-refractivity contribution in [1.29, 1.82) is 0 Å². The Balaban J connectivity index is 3.25. The van der Waals surface area contributed by atoms with Crippen LogP contribution < -0.4 is 0 Å². The highest BCUT2D eigenvalue weighted by atomic mass is 28.4. The van der Waals surface area contributed by atoms with Crippen molar-refractivity contribution >= 4 is 14.3 Å². The molecular weight excluding hydrogens is 256 g/mol. The molecule has 3 atom stereocenters. The van der Waals surface area contributed by atoms with E-state index < -0.39 is 8.32 Å². The molecule has 0 aromatic heterocycles. The van der Waals surface area contributed by atoms with Gasteiger partial charge in [0.05, 0.1) is 0 Å². The molecule has 3 nitrogen and oxygen atoms in total. The van der Waals surface area contributed by atoms with Crippen LogP contribution in [0.5, 0.6) is 0 Å². The second kappa shape index (κ2) is 4.88. The van der Waals surface area contributed by atoms with E-state index in [2.05, 4.69) is 55.4 Å². The maximum Gasteiger partial charge on any atom is 0.304 e. The molecule has 0 aromatic rings. The Hall–Kier alpha value is -0.353. The minimum atomic E-state index is -2.11. The molecular formula is C15H30O3Si. The molecule has 1 aliphatic rings. The summed E-state index contributed by atoms with van der Waals surface area (Å²) in [6, 6.07) is 0. The Bertz CT molecular complexity index is 337. The van der Waals surface area contributed by atoms with Crippen LogP contribution in [0.15, 0.2) is 0 Å². The zero-order valence-electron chi connectivity index (χ0n) is 14.0. The van der Waals surface area contributed by atoms with Crippen LogP contribution >= 0.6 is 0 Å². The highest BCUT2D eigenvalue weighted by Gasteiger charge is 2.65. The lowest BCUT2D eigenvalue weighted by Gasteiger charge is -2.50. The van der Waals surface area contributed by atoms with Gasteiger partial charge in [-0.3, -0.25) is 4.79 Å². The van der Waals surface area contributed by atoms with Gasteiger partial charge in [0.2, 0.25) is 8.32 Å². The maximum atomic E-state index is 11.3. The van der Waals surface area contributed by atoms with Crippen LogP contribution in [0.3, 0.4) is 0 Å². The second-order valence-electron chi connectivity index (χ2n) is 7.98. The predicted molar refractivity (Wildman–Crippen MR) is 80.4 cm³/mol. The van der Waals surface area contributed by atoms with Crippen LogP contribution in [-0.4, -0.2) is 20.6 Å². The Morgan fingerprint density at radius 2 is 1.47 bits per heavy atom. The summed E-state index contributed by atoms with van der Waals surface area (Å²) < 4.78 is 11.9. The van der Waals surface area contributed by atoms with Crippen LogP contribution in [0.1, 0.15) is 62.3 Å². The van der Waals surface area contributed by atoms with Crippen molar-refractivity contribution in [3.8, 4) is 0 Å². The third-order valence-electron chi connectivity index (χ3n) is 4.67. The average Bonchev–Trinajstić information content (AvgIpc) is 2.40. The molecule has 1 aliphatic heterocycles. The van der Waals surface area contributed by atoms with Crippen molar-refractivity contribution in [1.82, 2.24) is 0 Å². The van der Waals surface area contributed by atoms with Crippen LogP contribution in [0.4, 0.5) is 0 Å². The van der Waals surface area contributed by atoms with E-state index in [1.807, 2.05) is 0 Å². The monoisotopic (exact) mass is 286 g/mol. The number of carbonyl (C=O) groups is 1. The fourth-order valence-corrected chi connectivity index (χ4v) is 11.6. The number of ether oxygens (including phenoxy) is 1. The van der Waals surface area contributed by atoms with Gasteiger partial charge in [-0.05, 0) is 15.6 Å². The summed E-state index contributed by atoms with van der Waals surface area (Å²) in [6.45, 7) is 19.5. The Labute approximate surface area is 119 Å². The molecule has 1 heterocycles. The SMILES string of the molecule is CC(=O)O[C@H]1O[Si](C(C)(C)C)(C(C)(C)C)[C@@H](C)[C@@H]1C. The molecule has 1 fully saturated rings. The highest BCUT2D eigenvalue weighted by Crippen LogP contribution is 2.63.